The van der Waals surface area contributed by atoms with Crippen LogP contribution in [0.5, 0.6) is 0 Å². The van der Waals surface area contributed by atoms with Crippen molar-refractivity contribution in [3.05, 3.63) is 60.2 Å². The third-order valence-electron chi connectivity index (χ3n) is 3.50. The summed E-state index contributed by atoms with van der Waals surface area (Å²) in [6.45, 7) is 1.42. The smallest absolute Gasteiger partial charge is 0.227 e. The van der Waals surface area contributed by atoms with Crippen LogP contribution in [-0.2, 0) is 14.4 Å². The standard InChI is InChI=1S/C19H21N3O3S/c1-13(23)21-16(14-7-3-2-4-8-14)11-19(25)22-15-9-5-6-10-17(15)26-12-18(20)24/h2-10,16H,11-12H2,1H3,(H2,20,24)(H,21,23)(H,22,25). The van der Waals surface area contributed by atoms with Gasteiger partial charge in [0.25, 0.3) is 0 Å². The minimum Gasteiger partial charge on any atom is -0.369 e. The van der Waals surface area contributed by atoms with Crippen LogP contribution in [0.3, 0.4) is 0 Å². The summed E-state index contributed by atoms with van der Waals surface area (Å²) in [6, 6.07) is 16.1. The predicted molar refractivity (Wildman–Crippen MR) is 103 cm³/mol. The average molecular weight is 371 g/mol. The van der Waals surface area contributed by atoms with Crippen molar-refractivity contribution in [2.45, 2.75) is 24.3 Å². The lowest BCUT2D eigenvalue weighted by molar-refractivity contribution is -0.120. The number of carbonyl (C=O) groups is 3. The number of nitrogens with one attached hydrogen (secondary N) is 2. The zero-order valence-electron chi connectivity index (χ0n) is 14.4. The molecule has 6 nitrogen and oxygen atoms in total. The lowest BCUT2D eigenvalue weighted by atomic mass is 10.0. The van der Waals surface area contributed by atoms with Crippen molar-refractivity contribution >= 4 is 35.2 Å². The van der Waals surface area contributed by atoms with Crippen molar-refractivity contribution in [3.63, 3.8) is 0 Å². The number of para-hydroxylation sites is 1. The first-order valence-corrected chi connectivity index (χ1v) is 9.06. The van der Waals surface area contributed by atoms with Crippen molar-refractivity contribution in [3.8, 4) is 0 Å². The van der Waals surface area contributed by atoms with Crippen molar-refractivity contribution in [1.29, 1.82) is 0 Å². The summed E-state index contributed by atoms with van der Waals surface area (Å²) in [6.07, 6.45) is 0.0956. The molecule has 0 aliphatic rings. The normalized spacial score (nSPS) is 11.4. The van der Waals surface area contributed by atoms with Crippen molar-refractivity contribution in [1.82, 2.24) is 5.32 Å². The van der Waals surface area contributed by atoms with E-state index >= 15 is 0 Å². The van der Waals surface area contributed by atoms with Crippen molar-refractivity contribution in [2.24, 2.45) is 5.73 Å². The number of amides is 3. The highest BCUT2D eigenvalue weighted by Gasteiger charge is 2.18. The first kappa shape index (κ1) is 19.5. The Morgan fingerprint density at radius 1 is 1.04 bits per heavy atom. The van der Waals surface area contributed by atoms with Gasteiger partial charge in [-0.3, -0.25) is 14.4 Å². The van der Waals surface area contributed by atoms with Crippen LogP contribution >= 0.6 is 11.8 Å². The summed E-state index contributed by atoms with van der Waals surface area (Å²) >= 11 is 1.26. The van der Waals surface area contributed by atoms with Crippen LogP contribution in [0.25, 0.3) is 0 Å². The molecule has 0 saturated carbocycles. The van der Waals surface area contributed by atoms with Crippen LogP contribution < -0.4 is 16.4 Å². The SMILES string of the molecule is CC(=O)NC(CC(=O)Nc1ccccc1SCC(N)=O)c1ccccc1. The van der Waals surface area contributed by atoms with E-state index in [2.05, 4.69) is 10.6 Å². The van der Waals surface area contributed by atoms with Gasteiger partial charge in [-0.1, -0.05) is 42.5 Å². The molecule has 0 saturated heterocycles. The summed E-state index contributed by atoms with van der Waals surface area (Å²) in [7, 11) is 0. The van der Waals surface area contributed by atoms with E-state index in [1.165, 1.54) is 18.7 Å². The molecule has 3 amide bonds. The van der Waals surface area contributed by atoms with Crippen LogP contribution in [0.1, 0.15) is 24.9 Å². The molecule has 0 bridgehead atoms. The fourth-order valence-corrected chi connectivity index (χ4v) is 3.16. The van der Waals surface area contributed by atoms with E-state index in [1.807, 2.05) is 42.5 Å². The van der Waals surface area contributed by atoms with Gasteiger partial charge < -0.3 is 16.4 Å². The number of thioether (sulfide) groups is 1. The predicted octanol–water partition coefficient (Wildman–Crippen LogP) is 2.47. The van der Waals surface area contributed by atoms with Gasteiger partial charge in [0.1, 0.15) is 0 Å². The second-order valence-corrected chi connectivity index (χ2v) is 6.68. The number of anilines is 1. The first-order valence-electron chi connectivity index (χ1n) is 8.07. The monoisotopic (exact) mass is 371 g/mol. The molecule has 0 aliphatic carbocycles. The molecule has 0 spiro atoms. The molecule has 0 fully saturated rings. The Labute approximate surface area is 156 Å². The molecule has 26 heavy (non-hydrogen) atoms. The minimum atomic E-state index is -0.425. The largest absolute Gasteiger partial charge is 0.369 e. The first-order chi connectivity index (χ1) is 12.5. The summed E-state index contributed by atoms with van der Waals surface area (Å²) < 4.78 is 0. The molecule has 2 aromatic rings. The van der Waals surface area contributed by atoms with Gasteiger partial charge in [0.2, 0.25) is 17.7 Å². The number of benzene rings is 2. The van der Waals surface area contributed by atoms with Gasteiger partial charge in [0.05, 0.1) is 23.9 Å². The van der Waals surface area contributed by atoms with Crippen LogP contribution in [0, 0.1) is 0 Å². The van der Waals surface area contributed by atoms with Gasteiger partial charge in [-0.05, 0) is 17.7 Å². The highest BCUT2D eigenvalue weighted by molar-refractivity contribution is 8.00. The molecular formula is C19H21N3O3S. The maximum atomic E-state index is 12.5. The van der Waals surface area contributed by atoms with E-state index in [1.54, 1.807) is 12.1 Å². The molecule has 0 aliphatic heterocycles. The van der Waals surface area contributed by atoms with Crippen molar-refractivity contribution in [2.75, 3.05) is 11.1 Å². The summed E-state index contributed by atoms with van der Waals surface area (Å²) in [5.74, 6) is -0.736. The Morgan fingerprint density at radius 3 is 2.35 bits per heavy atom. The van der Waals surface area contributed by atoms with Crippen LogP contribution in [0.15, 0.2) is 59.5 Å². The van der Waals surface area contributed by atoms with Crippen LogP contribution in [-0.4, -0.2) is 23.5 Å². The van der Waals surface area contributed by atoms with E-state index in [4.69, 9.17) is 5.73 Å². The number of primary amides is 1. The van der Waals surface area contributed by atoms with E-state index in [-0.39, 0.29) is 24.0 Å². The highest BCUT2D eigenvalue weighted by Crippen LogP contribution is 2.27. The second kappa shape index (κ2) is 9.62. The molecule has 136 valence electrons. The summed E-state index contributed by atoms with van der Waals surface area (Å²) in [5.41, 5.74) is 6.65. The number of hydrogen-bond acceptors (Lipinski definition) is 4. The Balaban J connectivity index is 2.08. The molecule has 0 heterocycles. The fourth-order valence-electron chi connectivity index (χ4n) is 2.41. The summed E-state index contributed by atoms with van der Waals surface area (Å²) in [4.78, 5) is 35.7. The minimum absolute atomic E-state index is 0.0956. The van der Waals surface area contributed by atoms with Crippen LogP contribution in [0.2, 0.25) is 0 Å². The number of carbonyl (C=O) groups excluding carboxylic acids is 3. The van der Waals surface area contributed by atoms with E-state index < -0.39 is 11.9 Å². The molecule has 0 radical (unpaired) electrons. The van der Waals surface area contributed by atoms with Gasteiger partial charge in [0, 0.05) is 11.8 Å². The summed E-state index contributed by atoms with van der Waals surface area (Å²) in [5, 5.41) is 5.65. The molecular weight excluding hydrogens is 350 g/mol. The van der Waals surface area contributed by atoms with Gasteiger partial charge in [-0.25, -0.2) is 0 Å². The topological polar surface area (TPSA) is 101 Å². The lowest BCUT2D eigenvalue weighted by Gasteiger charge is -2.18. The molecule has 1 atom stereocenters. The van der Waals surface area contributed by atoms with Crippen molar-refractivity contribution < 1.29 is 14.4 Å². The number of rotatable bonds is 8. The zero-order chi connectivity index (χ0) is 18.9. The molecule has 0 aromatic heterocycles. The molecule has 2 aromatic carbocycles. The third-order valence-corrected chi connectivity index (χ3v) is 4.60. The van der Waals surface area contributed by atoms with Gasteiger partial charge in [-0.2, -0.15) is 0 Å². The maximum absolute atomic E-state index is 12.5. The highest BCUT2D eigenvalue weighted by atomic mass is 32.2. The average Bonchev–Trinajstić information content (AvgIpc) is 2.60. The number of nitrogens with two attached hydrogens (primary N) is 1. The van der Waals surface area contributed by atoms with E-state index in [0.29, 0.717) is 5.69 Å². The van der Waals surface area contributed by atoms with Crippen LogP contribution in [0.4, 0.5) is 5.69 Å². The number of hydrogen-bond donors (Lipinski definition) is 3. The molecule has 1 unspecified atom stereocenters. The maximum Gasteiger partial charge on any atom is 0.227 e. The van der Waals surface area contributed by atoms with E-state index in [0.717, 1.165) is 10.5 Å². The molecule has 4 N–H and O–H groups in total. The quantitative estimate of drug-likeness (QED) is 0.621. The Morgan fingerprint density at radius 2 is 1.69 bits per heavy atom. The second-order valence-electron chi connectivity index (χ2n) is 5.67. The molecule has 2 rings (SSSR count). The van der Waals surface area contributed by atoms with Gasteiger partial charge >= 0.3 is 0 Å². The molecule has 7 heteroatoms. The fraction of sp³-hybridized carbons (Fsp3) is 0.211. The Hall–Kier alpha value is -2.80. The third kappa shape index (κ3) is 6.25. The van der Waals surface area contributed by atoms with Gasteiger partial charge in [-0.15, -0.1) is 11.8 Å². The van der Waals surface area contributed by atoms with Gasteiger partial charge in [0.15, 0.2) is 0 Å². The van der Waals surface area contributed by atoms with E-state index in [9.17, 15) is 14.4 Å². The zero-order valence-corrected chi connectivity index (χ0v) is 15.2. The Bertz CT molecular complexity index is 781. The Kier molecular flexibility index (Phi) is 7.23. The lowest BCUT2D eigenvalue weighted by Crippen LogP contribution is -2.29.